The molecule has 4 aromatic rings. The fourth-order valence-electron chi connectivity index (χ4n) is 5.33. The van der Waals surface area contributed by atoms with E-state index in [0.717, 1.165) is 34.6 Å². The number of sulfonamides is 1. The van der Waals surface area contributed by atoms with Gasteiger partial charge in [0.25, 0.3) is 0 Å². The third-order valence-electron chi connectivity index (χ3n) is 7.00. The number of anilines is 2. The third-order valence-corrected chi connectivity index (χ3v) is 7.90. The highest BCUT2D eigenvalue weighted by atomic mass is 32.2. The zero-order chi connectivity index (χ0) is 29.5. The number of hydrogen-bond donors (Lipinski definition) is 3. The van der Waals surface area contributed by atoms with E-state index in [-0.39, 0.29) is 17.6 Å². The van der Waals surface area contributed by atoms with E-state index in [9.17, 15) is 18.3 Å². The van der Waals surface area contributed by atoms with Crippen molar-refractivity contribution in [2.75, 3.05) is 23.0 Å². The van der Waals surface area contributed by atoms with Crippen LogP contribution in [0.4, 0.5) is 11.4 Å². The molecule has 3 N–H and O–H groups in total. The fraction of sp³-hybridized carbons (Fsp3) is 0.207. The summed E-state index contributed by atoms with van der Waals surface area (Å²) in [5.41, 5.74) is 5.52. The van der Waals surface area contributed by atoms with Gasteiger partial charge >= 0.3 is 5.97 Å². The number of benzene rings is 2. The summed E-state index contributed by atoms with van der Waals surface area (Å²) in [6.45, 7) is 3.96. The van der Waals surface area contributed by atoms with Gasteiger partial charge in [-0.2, -0.15) is 0 Å². The molecule has 0 radical (unpaired) electrons. The summed E-state index contributed by atoms with van der Waals surface area (Å²) in [6, 6.07) is 19.1. The van der Waals surface area contributed by atoms with Crippen molar-refractivity contribution in [2.24, 2.45) is 0 Å². The molecule has 1 fully saturated rings. The summed E-state index contributed by atoms with van der Waals surface area (Å²) >= 11 is 5.86. The van der Waals surface area contributed by atoms with Crippen LogP contribution in [-0.4, -0.2) is 47.5 Å². The molecule has 0 amide bonds. The molecule has 212 valence electrons. The minimum atomic E-state index is -3.52. The van der Waals surface area contributed by atoms with Crippen molar-refractivity contribution in [3.63, 3.8) is 0 Å². The van der Waals surface area contributed by atoms with Gasteiger partial charge in [0.1, 0.15) is 5.75 Å². The number of pyridine rings is 1. The smallest absolute Gasteiger partial charge is 0.335 e. The van der Waals surface area contributed by atoms with E-state index < -0.39 is 16.0 Å². The summed E-state index contributed by atoms with van der Waals surface area (Å²) < 4.78 is 33.8. The van der Waals surface area contributed by atoms with Crippen LogP contribution in [0.1, 0.15) is 45.1 Å². The number of aromatic carboxylic acids is 1. The van der Waals surface area contributed by atoms with Crippen LogP contribution in [0.2, 0.25) is 0 Å². The fourth-order valence-corrected chi connectivity index (χ4v) is 6.24. The molecule has 5 rings (SSSR count). The zero-order valence-corrected chi connectivity index (χ0v) is 24.5. The van der Waals surface area contributed by atoms with Gasteiger partial charge in [0, 0.05) is 35.0 Å². The lowest BCUT2D eigenvalue weighted by molar-refractivity contribution is 0.0697. The summed E-state index contributed by atoms with van der Waals surface area (Å²) in [5, 5.41) is 13.5. The maximum Gasteiger partial charge on any atom is 0.335 e. The van der Waals surface area contributed by atoms with Crippen molar-refractivity contribution in [2.45, 2.75) is 25.9 Å². The molecule has 0 bridgehead atoms. The molecular formula is C29H29N5O5S2. The second-order valence-electron chi connectivity index (χ2n) is 9.77. The van der Waals surface area contributed by atoms with Gasteiger partial charge in [0.05, 0.1) is 42.4 Å². The molecule has 2 aromatic heterocycles. The minimum absolute atomic E-state index is 0.197. The number of methoxy groups -OCH3 is 1. The SMILES string of the molecule is COc1cc(N2C(=S)NC(c3ccccn3)C2c2cc(C)n(-c3cccc(C(=O)O)c3)c2C)ccc1NS(C)(=O)=O. The van der Waals surface area contributed by atoms with Crippen molar-refractivity contribution in [1.29, 1.82) is 0 Å². The van der Waals surface area contributed by atoms with Crippen LogP contribution < -0.4 is 19.7 Å². The van der Waals surface area contributed by atoms with Gasteiger partial charge in [0.15, 0.2) is 5.11 Å². The molecule has 0 spiro atoms. The number of nitrogens with one attached hydrogen (secondary N) is 2. The molecule has 2 atom stereocenters. The molecule has 2 aromatic carbocycles. The first-order valence-corrected chi connectivity index (χ1v) is 15.0. The van der Waals surface area contributed by atoms with Crippen molar-refractivity contribution in [3.8, 4) is 11.4 Å². The Morgan fingerprint density at radius 1 is 1.07 bits per heavy atom. The quantitative estimate of drug-likeness (QED) is 0.249. The largest absolute Gasteiger partial charge is 0.494 e. The Bertz CT molecular complexity index is 1750. The summed E-state index contributed by atoms with van der Waals surface area (Å²) in [6.07, 6.45) is 2.81. The van der Waals surface area contributed by atoms with E-state index in [2.05, 4.69) is 21.1 Å². The average Bonchev–Trinajstić information content (AvgIpc) is 3.43. The molecule has 1 aliphatic heterocycles. The van der Waals surface area contributed by atoms with Crippen LogP contribution in [0.25, 0.3) is 5.69 Å². The molecule has 1 aliphatic rings. The molecule has 41 heavy (non-hydrogen) atoms. The normalized spacial score (nSPS) is 16.9. The van der Waals surface area contributed by atoms with E-state index in [4.69, 9.17) is 17.0 Å². The topological polar surface area (TPSA) is 126 Å². The molecule has 12 heteroatoms. The van der Waals surface area contributed by atoms with Crippen LogP contribution in [0, 0.1) is 13.8 Å². The number of rotatable bonds is 8. The van der Waals surface area contributed by atoms with Crippen molar-refractivity contribution in [3.05, 3.63) is 101 Å². The van der Waals surface area contributed by atoms with E-state index in [1.165, 1.54) is 7.11 Å². The van der Waals surface area contributed by atoms with E-state index >= 15 is 0 Å². The number of carboxylic acid groups (broad SMARTS) is 1. The van der Waals surface area contributed by atoms with Crippen LogP contribution in [-0.2, 0) is 10.0 Å². The Morgan fingerprint density at radius 2 is 1.85 bits per heavy atom. The molecule has 2 unspecified atom stereocenters. The summed E-state index contributed by atoms with van der Waals surface area (Å²) in [5.74, 6) is -0.657. The average molecular weight is 592 g/mol. The maximum absolute atomic E-state index is 11.9. The second-order valence-corrected chi connectivity index (χ2v) is 11.9. The van der Waals surface area contributed by atoms with Gasteiger partial charge in [-0.15, -0.1) is 0 Å². The van der Waals surface area contributed by atoms with Crippen molar-refractivity contribution >= 4 is 44.7 Å². The Labute approximate surface area is 243 Å². The highest BCUT2D eigenvalue weighted by Gasteiger charge is 2.42. The summed E-state index contributed by atoms with van der Waals surface area (Å²) in [7, 11) is -2.05. The number of aryl methyl sites for hydroxylation is 1. The first-order chi connectivity index (χ1) is 19.5. The number of hydrogen-bond acceptors (Lipinski definition) is 6. The van der Waals surface area contributed by atoms with E-state index in [1.807, 2.05) is 47.6 Å². The summed E-state index contributed by atoms with van der Waals surface area (Å²) in [4.78, 5) is 18.3. The van der Waals surface area contributed by atoms with Crippen LogP contribution in [0.15, 0.2) is 72.9 Å². The van der Waals surface area contributed by atoms with Gasteiger partial charge < -0.3 is 24.6 Å². The third kappa shape index (κ3) is 5.48. The van der Waals surface area contributed by atoms with E-state index in [0.29, 0.717) is 22.2 Å². The van der Waals surface area contributed by atoms with Crippen LogP contribution >= 0.6 is 12.2 Å². The standard InChI is InChI=1S/C29H29N5O5S2/c1-17-14-22(18(2)33(17)20-9-7-8-19(15-20)28(35)36)27-26(24-10-5-6-13-30-24)31-29(40)34(27)21-11-12-23(25(16-21)39-3)32-41(4,37)38/h5-16,26-27,32H,1-4H3,(H,31,40)(H,35,36). The Morgan fingerprint density at radius 3 is 2.51 bits per heavy atom. The van der Waals surface area contributed by atoms with Gasteiger partial charge in [-0.05, 0) is 80.2 Å². The Balaban J connectivity index is 1.67. The first-order valence-electron chi connectivity index (χ1n) is 12.7. The van der Waals surface area contributed by atoms with E-state index in [1.54, 1.807) is 42.6 Å². The van der Waals surface area contributed by atoms with Gasteiger partial charge in [-0.1, -0.05) is 12.1 Å². The molecule has 1 saturated heterocycles. The lowest BCUT2D eigenvalue weighted by atomic mass is 9.96. The lowest BCUT2D eigenvalue weighted by Gasteiger charge is -2.29. The number of nitrogens with zero attached hydrogens (tertiary/aromatic N) is 3. The predicted molar refractivity (Wildman–Crippen MR) is 162 cm³/mol. The van der Waals surface area contributed by atoms with Crippen LogP contribution in [0.3, 0.4) is 0 Å². The van der Waals surface area contributed by atoms with Gasteiger partial charge in [-0.3, -0.25) is 9.71 Å². The van der Waals surface area contributed by atoms with Crippen molar-refractivity contribution < 1.29 is 23.1 Å². The number of thiocarbonyl (C=S) groups is 1. The Kier molecular flexibility index (Phi) is 7.45. The number of aromatic nitrogens is 2. The number of ether oxygens (including phenoxy) is 1. The monoisotopic (exact) mass is 591 g/mol. The number of carbonyl (C=O) groups is 1. The second kappa shape index (κ2) is 10.9. The number of carboxylic acids is 1. The lowest BCUT2D eigenvalue weighted by Crippen LogP contribution is -2.29. The molecule has 3 heterocycles. The molecular weight excluding hydrogens is 562 g/mol. The van der Waals surface area contributed by atoms with Crippen LogP contribution in [0.5, 0.6) is 5.75 Å². The molecule has 0 saturated carbocycles. The van der Waals surface area contributed by atoms with Gasteiger partial charge in [-0.25, -0.2) is 13.2 Å². The minimum Gasteiger partial charge on any atom is -0.494 e. The van der Waals surface area contributed by atoms with Crippen molar-refractivity contribution in [1.82, 2.24) is 14.9 Å². The Hall–Kier alpha value is -4.42. The zero-order valence-electron chi connectivity index (χ0n) is 22.8. The first kappa shape index (κ1) is 28.1. The molecule has 10 nitrogen and oxygen atoms in total. The molecule has 0 aliphatic carbocycles. The highest BCUT2D eigenvalue weighted by Crippen LogP contribution is 2.45. The maximum atomic E-state index is 11.9. The predicted octanol–water partition coefficient (Wildman–Crippen LogP) is 4.74. The van der Waals surface area contributed by atoms with Gasteiger partial charge in [0.2, 0.25) is 10.0 Å². The highest BCUT2D eigenvalue weighted by molar-refractivity contribution is 7.92.